The molecule has 1 saturated heterocycles. The maximum absolute atomic E-state index is 12.7. The Kier molecular flexibility index (Phi) is 7.20. The van der Waals surface area contributed by atoms with E-state index in [2.05, 4.69) is 10.2 Å². The summed E-state index contributed by atoms with van der Waals surface area (Å²) >= 11 is 0. The van der Waals surface area contributed by atoms with Crippen molar-refractivity contribution in [1.82, 2.24) is 14.5 Å². The van der Waals surface area contributed by atoms with Gasteiger partial charge in [0.1, 0.15) is 0 Å². The number of carbonyl (C=O) groups is 2. The molecule has 0 bridgehead atoms. The molecular formula is C23H30N4O4S. The zero-order valence-electron chi connectivity index (χ0n) is 19.0. The number of aryl methyl sites for hydroxylation is 1. The van der Waals surface area contributed by atoms with E-state index in [0.29, 0.717) is 24.2 Å². The number of benzene rings is 2. The van der Waals surface area contributed by atoms with E-state index in [-0.39, 0.29) is 22.9 Å². The molecule has 2 aromatic rings. The predicted octanol–water partition coefficient (Wildman–Crippen LogP) is 1.63. The Bertz CT molecular complexity index is 1090. The van der Waals surface area contributed by atoms with Crippen LogP contribution in [0.25, 0.3) is 0 Å². The fourth-order valence-electron chi connectivity index (χ4n) is 3.65. The minimum atomic E-state index is -3.69. The van der Waals surface area contributed by atoms with Crippen LogP contribution < -0.4 is 10.2 Å². The van der Waals surface area contributed by atoms with Crippen molar-refractivity contribution < 1.29 is 18.0 Å². The lowest BCUT2D eigenvalue weighted by Gasteiger charge is -2.36. The van der Waals surface area contributed by atoms with Crippen LogP contribution in [0.3, 0.4) is 0 Å². The zero-order chi connectivity index (χ0) is 23.5. The van der Waals surface area contributed by atoms with Crippen molar-refractivity contribution in [3.63, 3.8) is 0 Å². The van der Waals surface area contributed by atoms with Gasteiger partial charge < -0.3 is 15.1 Å². The molecule has 1 aliphatic heterocycles. The van der Waals surface area contributed by atoms with Crippen molar-refractivity contribution in [2.75, 3.05) is 51.7 Å². The molecule has 2 amide bonds. The Morgan fingerprint density at radius 1 is 1.00 bits per heavy atom. The van der Waals surface area contributed by atoms with E-state index >= 15 is 0 Å². The summed E-state index contributed by atoms with van der Waals surface area (Å²) in [7, 11) is -0.786. The predicted molar refractivity (Wildman–Crippen MR) is 124 cm³/mol. The van der Waals surface area contributed by atoms with Gasteiger partial charge in [-0.15, -0.1) is 0 Å². The second kappa shape index (κ2) is 9.70. The lowest BCUT2D eigenvalue weighted by atomic mass is 10.1. The van der Waals surface area contributed by atoms with Crippen molar-refractivity contribution >= 4 is 27.5 Å². The molecular weight excluding hydrogens is 428 g/mol. The lowest BCUT2D eigenvalue weighted by Crippen LogP contribution is -2.51. The summed E-state index contributed by atoms with van der Waals surface area (Å²) in [5.41, 5.74) is 2.64. The van der Waals surface area contributed by atoms with Gasteiger partial charge in [-0.25, -0.2) is 12.7 Å². The van der Waals surface area contributed by atoms with Crippen LogP contribution >= 0.6 is 0 Å². The van der Waals surface area contributed by atoms with Gasteiger partial charge in [-0.05, 0) is 49.2 Å². The number of rotatable bonds is 6. The van der Waals surface area contributed by atoms with Crippen LogP contribution in [-0.4, -0.2) is 76.3 Å². The minimum absolute atomic E-state index is 0.0935. The van der Waals surface area contributed by atoms with E-state index in [1.54, 1.807) is 24.8 Å². The fourth-order valence-corrected chi connectivity index (χ4v) is 4.86. The van der Waals surface area contributed by atoms with Crippen LogP contribution in [0.4, 0.5) is 5.69 Å². The Labute approximate surface area is 189 Å². The third kappa shape index (κ3) is 5.11. The van der Waals surface area contributed by atoms with Gasteiger partial charge in [-0.2, -0.15) is 0 Å². The number of hydrogen-bond donors (Lipinski definition) is 1. The maximum Gasteiger partial charge on any atom is 0.251 e. The Balaban J connectivity index is 1.61. The smallest absolute Gasteiger partial charge is 0.251 e. The molecule has 0 aromatic heterocycles. The molecule has 1 heterocycles. The quantitative estimate of drug-likeness (QED) is 0.711. The summed E-state index contributed by atoms with van der Waals surface area (Å²) in [6.45, 7) is 5.97. The molecule has 0 radical (unpaired) electrons. The normalized spacial score (nSPS) is 14.5. The lowest BCUT2D eigenvalue weighted by molar-refractivity contribution is -0.130. The molecule has 3 rings (SSSR count). The summed E-state index contributed by atoms with van der Waals surface area (Å²) in [5, 5.41) is 2.64. The average molecular weight is 459 g/mol. The number of amides is 2. The number of anilines is 1. The number of nitrogens with zero attached hydrogens (tertiary/aromatic N) is 3. The summed E-state index contributed by atoms with van der Waals surface area (Å²) in [6, 6.07) is 13.1. The fraction of sp³-hybridized carbons (Fsp3) is 0.391. The molecule has 0 unspecified atom stereocenters. The Morgan fingerprint density at radius 2 is 1.62 bits per heavy atom. The van der Waals surface area contributed by atoms with Crippen molar-refractivity contribution in [1.29, 1.82) is 0 Å². The summed E-state index contributed by atoms with van der Waals surface area (Å²) in [5.74, 6) is -0.629. The average Bonchev–Trinajstić information content (AvgIpc) is 2.79. The van der Waals surface area contributed by atoms with Crippen molar-refractivity contribution in [2.45, 2.75) is 18.7 Å². The van der Waals surface area contributed by atoms with Crippen LogP contribution in [0, 0.1) is 13.8 Å². The molecule has 32 heavy (non-hydrogen) atoms. The molecule has 172 valence electrons. The van der Waals surface area contributed by atoms with E-state index in [0.717, 1.165) is 23.1 Å². The van der Waals surface area contributed by atoms with Gasteiger partial charge in [-0.3, -0.25) is 9.59 Å². The third-order valence-corrected chi connectivity index (χ3v) is 7.74. The van der Waals surface area contributed by atoms with Crippen LogP contribution in [0.15, 0.2) is 47.4 Å². The number of sulfonamides is 1. The molecule has 2 aromatic carbocycles. The molecule has 0 spiro atoms. The van der Waals surface area contributed by atoms with E-state index in [4.69, 9.17) is 0 Å². The van der Waals surface area contributed by atoms with Crippen LogP contribution in [0.5, 0.6) is 0 Å². The summed E-state index contributed by atoms with van der Waals surface area (Å²) < 4.78 is 26.3. The van der Waals surface area contributed by atoms with Crippen molar-refractivity contribution in [2.24, 2.45) is 0 Å². The number of piperazine rings is 1. The highest BCUT2D eigenvalue weighted by Gasteiger charge is 2.24. The van der Waals surface area contributed by atoms with E-state index in [1.807, 2.05) is 30.3 Å². The molecule has 0 saturated carbocycles. The van der Waals surface area contributed by atoms with Crippen LogP contribution in [0.1, 0.15) is 21.5 Å². The SMILES string of the molecule is Cc1cc(C(=O)NCC(=O)N2CCN(c3ccccc3)CC2)cc(S(=O)(=O)N(C)C)c1C. The minimum Gasteiger partial charge on any atom is -0.368 e. The van der Waals surface area contributed by atoms with Gasteiger partial charge in [0.15, 0.2) is 0 Å². The molecule has 0 aliphatic carbocycles. The first kappa shape index (κ1) is 23.7. The van der Waals surface area contributed by atoms with Gasteiger partial charge in [0, 0.05) is 51.5 Å². The second-order valence-electron chi connectivity index (χ2n) is 8.09. The third-order valence-electron chi connectivity index (χ3n) is 5.79. The molecule has 9 heteroatoms. The molecule has 1 fully saturated rings. The monoisotopic (exact) mass is 458 g/mol. The zero-order valence-corrected chi connectivity index (χ0v) is 19.8. The first-order valence-corrected chi connectivity index (χ1v) is 11.9. The van der Waals surface area contributed by atoms with Crippen molar-refractivity contribution in [3.8, 4) is 0 Å². The van der Waals surface area contributed by atoms with E-state index in [1.165, 1.54) is 20.2 Å². The van der Waals surface area contributed by atoms with Gasteiger partial charge >= 0.3 is 0 Å². The number of nitrogens with one attached hydrogen (secondary N) is 1. The van der Waals surface area contributed by atoms with Gasteiger partial charge in [-0.1, -0.05) is 18.2 Å². The topological polar surface area (TPSA) is 90.0 Å². The van der Waals surface area contributed by atoms with Gasteiger partial charge in [0.05, 0.1) is 11.4 Å². The molecule has 1 aliphatic rings. The molecule has 0 atom stereocenters. The molecule has 1 N–H and O–H groups in total. The van der Waals surface area contributed by atoms with E-state index < -0.39 is 15.9 Å². The first-order chi connectivity index (χ1) is 15.1. The summed E-state index contributed by atoms with van der Waals surface area (Å²) in [4.78, 5) is 29.3. The van der Waals surface area contributed by atoms with Crippen molar-refractivity contribution in [3.05, 3.63) is 59.2 Å². The number of para-hydroxylation sites is 1. The molecule has 8 nitrogen and oxygen atoms in total. The highest BCUT2D eigenvalue weighted by Crippen LogP contribution is 2.23. The second-order valence-corrected chi connectivity index (χ2v) is 10.2. The largest absolute Gasteiger partial charge is 0.368 e. The van der Waals surface area contributed by atoms with Crippen LogP contribution in [0.2, 0.25) is 0 Å². The van der Waals surface area contributed by atoms with E-state index in [9.17, 15) is 18.0 Å². The Morgan fingerprint density at radius 3 is 2.22 bits per heavy atom. The van der Waals surface area contributed by atoms with Gasteiger partial charge in [0.25, 0.3) is 5.91 Å². The number of hydrogen-bond acceptors (Lipinski definition) is 5. The standard InChI is InChI=1S/C23H30N4O4S/c1-17-14-19(15-21(18(17)2)32(30,31)25(3)4)23(29)24-16-22(28)27-12-10-26(11-13-27)20-8-6-5-7-9-20/h5-9,14-15H,10-13,16H2,1-4H3,(H,24,29). The highest BCUT2D eigenvalue weighted by molar-refractivity contribution is 7.89. The number of carbonyl (C=O) groups excluding carboxylic acids is 2. The Hall–Kier alpha value is -2.91. The van der Waals surface area contributed by atoms with Crippen LogP contribution in [-0.2, 0) is 14.8 Å². The maximum atomic E-state index is 12.7. The summed E-state index contributed by atoms with van der Waals surface area (Å²) in [6.07, 6.45) is 0. The van der Waals surface area contributed by atoms with Gasteiger partial charge in [0.2, 0.25) is 15.9 Å². The first-order valence-electron chi connectivity index (χ1n) is 10.5. The highest BCUT2D eigenvalue weighted by atomic mass is 32.2.